The molecule has 0 spiro atoms. The van der Waals surface area contributed by atoms with Gasteiger partial charge in [-0.3, -0.25) is 4.79 Å². The Balaban J connectivity index is 2.43. The van der Waals surface area contributed by atoms with Crippen molar-refractivity contribution in [1.29, 1.82) is 0 Å². The Morgan fingerprint density at radius 2 is 1.94 bits per heavy atom. The molecule has 1 aromatic carbocycles. The normalized spacial score (nSPS) is 17.6. The molecule has 2 nitrogen and oxygen atoms in total. The maximum absolute atomic E-state index is 12.7. The van der Waals surface area contributed by atoms with Crippen LogP contribution >= 0.6 is 0 Å². The lowest BCUT2D eigenvalue weighted by Crippen LogP contribution is -2.15. The third-order valence-corrected chi connectivity index (χ3v) is 3.15. The molecular weight excluding hydrogens is 245 g/mol. The predicted molar refractivity (Wildman–Crippen MR) is 59.3 cm³/mol. The number of aryl methyl sites for hydroxylation is 1. The summed E-state index contributed by atoms with van der Waals surface area (Å²) in [6.45, 7) is 1.55. The van der Waals surface area contributed by atoms with Gasteiger partial charge in [0, 0.05) is 0 Å². The number of carbonyl (C=O) groups is 1. The van der Waals surface area contributed by atoms with Crippen molar-refractivity contribution in [2.45, 2.75) is 31.9 Å². The third-order valence-electron chi connectivity index (χ3n) is 3.15. The first-order valence-electron chi connectivity index (χ1n) is 5.70. The summed E-state index contributed by atoms with van der Waals surface area (Å²) in [7, 11) is 0. The number of carboxylic acids is 1. The average Bonchev–Trinajstić information content (AvgIpc) is 2.99. The molecule has 18 heavy (non-hydrogen) atoms. The van der Waals surface area contributed by atoms with E-state index in [1.54, 1.807) is 6.92 Å². The molecule has 5 heteroatoms. The topological polar surface area (TPSA) is 37.3 Å². The number of carboxylic acid groups (broad SMARTS) is 1. The van der Waals surface area contributed by atoms with Crippen LogP contribution in [0, 0.1) is 12.8 Å². The Bertz CT molecular complexity index is 476. The molecule has 0 bridgehead atoms. The van der Waals surface area contributed by atoms with Gasteiger partial charge in [0.25, 0.3) is 0 Å². The zero-order chi connectivity index (χ0) is 13.5. The molecule has 1 N–H and O–H groups in total. The molecular formula is C13H13F3O2. The molecule has 0 saturated heterocycles. The molecule has 1 unspecified atom stereocenters. The van der Waals surface area contributed by atoms with Crippen molar-refractivity contribution >= 4 is 5.97 Å². The molecule has 1 fully saturated rings. The fourth-order valence-electron chi connectivity index (χ4n) is 2.20. The number of alkyl halides is 3. The van der Waals surface area contributed by atoms with Crippen LogP contribution in [0.2, 0.25) is 0 Å². The van der Waals surface area contributed by atoms with E-state index in [9.17, 15) is 18.0 Å². The van der Waals surface area contributed by atoms with E-state index in [0.717, 1.165) is 25.0 Å². The van der Waals surface area contributed by atoms with E-state index < -0.39 is 23.6 Å². The maximum Gasteiger partial charge on any atom is 0.416 e. The van der Waals surface area contributed by atoms with Crippen molar-refractivity contribution in [3.63, 3.8) is 0 Å². The van der Waals surface area contributed by atoms with E-state index in [4.69, 9.17) is 5.11 Å². The van der Waals surface area contributed by atoms with Crippen LogP contribution in [0.1, 0.15) is 35.4 Å². The third kappa shape index (κ3) is 2.66. The van der Waals surface area contributed by atoms with Gasteiger partial charge >= 0.3 is 12.1 Å². The molecule has 0 aromatic heterocycles. The van der Waals surface area contributed by atoms with Crippen LogP contribution in [0.3, 0.4) is 0 Å². The first-order chi connectivity index (χ1) is 8.29. The van der Waals surface area contributed by atoms with Gasteiger partial charge in [-0.2, -0.15) is 13.2 Å². The fourth-order valence-corrected chi connectivity index (χ4v) is 2.20. The van der Waals surface area contributed by atoms with Gasteiger partial charge in [0.1, 0.15) is 0 Å². The van der Waals surface area contributed by atoms with Gasteiger partial charge in [0.05, 0.1) is 11.5 Å². The minimum absolute atomic E-state index is 0.0228. The van der Waals surface area contributed by atoms with Crippen molar-refractivity contribution in [2.24, 2.45) is 5.92 Å². The van der Waals surface area contributed by atoms with Gasteiger partial charge in [-0.1, -0.05) is 11.6 Å². The minimum Gasteiger partial charge on any atom is -0.481 e. The molecule has 0 heterocycles. The molecule has 1 aliphatic rings. The van der Waals surface area contributed by atoms with Crippen LogP contribution in [0.5, 0.6) is 0 Å². The second kappa shape index (κ2) is 4.30. The van der Waals surface area contributed by atoms with Gasteiger partial charge in [0.15, 0.2) is 0 Å². The number of hydrogen-bond donors (Lipinski definition) is 1. The van der Waals surface area contributed by atoms with Crippen molar-refractivity contribution in [3.05, 3.63) is 34.9 Å². The standard InChI is InChI=1S/C13H13F3O2/c1-7-4-9(6-10(5-7)13(14,15)16)11(12(17)18)8-2-3-8/h4-6,8,11H,2-3H2,1H3,(H,17,18). The van der Waals surface area contributed by atoms with Crippen LogP contribution < -0.4 is 0 Å². The summed E-state index contributed by atoms with van der Waals surface area (Å²) in [5, 5.41) is 9.14. The monoisotopic (exact) mass is 258 g/mol. The van der Waals surface area contributed by atoms with E-state index >= 15 is 0 Å². The van der Waals surface area contributed by atoms with Crippen molar-refractivity contribution in [1.82, 2.24) is 0 Å². The van der Waals surface area contributed by atoms with Gasteiger partial charge in [-0.05, 0) is 43.4 Å². The van der Waals surface area contributed by atoms with E-state index in [2.05, 4.69) is 0 Å². The van der Waals surface area contributed by atoms with E-state index in [1.807, 2.05) is 0 Å². The molecule has 2 rings (SSSR count). The molecule has 0 radical (unpaired) electrons. The second-order valence-corrected chi connectivity index (χ2v) is 4.78. The second-order valence-electron chi connectivity index (χ2n) is 4.78. The fraction of sp³-hybridized carbons (Fsp3) is 0.462. The summed E-state index contributed by atoms with van der Waals surface area (Å²) in [4.78, 5) is 11.2. The largest absolute Gasteiger partial charge is 0.481 e. The molecule has 0 amide bonds. The zero-order valence-corrected chi connectivity index (χ0v) is 9.79. The number of rotatable bonds is 3. The smallest absolute Gasteiger partial charge is 0.416 e. The van der Waals surface area contributed by atoms with Gasteiger partial charge in [-0.25, -0.2) is 0 Å². The highest BCUT2D eigenvalue weighted by Crippen LogP contribution is 2.44. The summed E-state index contributed by atoms with van der Waals surface area (Å²) in [6, 6.07) is 3.53. The molecule has 0 aliphatic heterocycles. The van der Waals surface area contributed by atoms with E-state index in [0.29, 0.717) is 5.56 Å². The number of benzene rings is 1. The molecule has 1 saturated carbocycles. The lowest BCUT2D eigenvalue weighted by Gasteiger charge is -2.15. The number of hydrogen-bond acceptors (Lipinski definition) is 1. The first-order valence-corrected chi connectivity index (χ1v) is 5.70. The lowest BCUT2D eigenvalue weighted by molar-refractivity contribution is -0.140. The molecule has 1 aromatic rings. The van der Waals surface area contributed by atoms with Gasteiger partial charge < -0.3 is 5.11 Å². The SMILES string of the molecule is Cc1cc(C(C(=O)O)C2CC2)cc(C(F)(F)F)c1. The maximum atomic E-state index is 12.7. The van der Waals surface area contributed by atoms with Crippen LogP contribution in [0.15, 0.2) is 18.2 Å². The zero-order valence-electron chi connectivity index (χ0n) is 9.79. The average molecular weight is 258 g/mol. The highest BCUT2D eigenvalue weighted by Gasteiger charge is 2.39. The number of aliphatic carboxylic acids is 1. The van der Waals surface area contributed by atoms with Gasteiger partial charge in [-0.15, -0.1) is 0 Å². The first kappa shape index (κ1) is 12.9. The summed E-state index contributed by atoms with van der Waals surface area (Å²) in [5.41, 5.74) is -0.0755. The Labute approximate surface area is 102 Å². The summed E-state index contributed by atoms with van der Waals surface area (Å²) >= 11 is 0. The van der Waals surface area contributed by atoms with E-state index in [1.165, 1.54) is 6.07 Å². The van der Waals surface area contributed by atoms with Crippen LogP contribution in [-0.4, -0.2) is 11.1 Å². The Kier molecular flexibility index (Phi) is 3.09. The highest BCUT2D eigenvalue weighted by molar-refractivity contribution is 5.77. The van der Waals surface area contributed by atoms with Crippen LogP contribution in [0.25, 0.3) is 0 Å². The molecule has 98 valence electrons. The summed E-state index contributed by atoms with van der Waals surface area (Å²) in [5.74, 6) is -1.88. The van der Waals surface area contributed by atoms with Gasteiger partial charge in [0.2, 0.25) is 0 Å². The highest BCUT2D eigenvalue weighted by atomic mass is 19.4. The minimum atomic E-state index is -4.44. The predicted octanol–water partition coefficient (Wildman–Crippen LogP) is 3.59. The van der Waals surface area contributed by atoms with Crippen LogP contribution in [-0.2, 0) is 11.0 Å². The summed E-state index contributed by atoms with van der Waals surface area (Å²) in [6.07, 6.45) is -2.90. The van der Waals surface area contributed by atoms with E-state index in [-0.39, 0.29) is 11.5 Å². The van der Waals surface area contributed by atoms with Crippen molar-refractivity contribution in [3.8, 4) is 0 Å². The lowest BCUT2D eigenvalue weighted by atomic mass is 9.91. The molecule has 1 aliphatic carbocycles. The van der Waals surface area contributed by atoms with Crippen LogP contribution in [0.4, 0.5) is 13.2 Å². The molecule has 1 atom stereocenters. The number of halogens is 3. The Morgan fingerprint density at radius 1 is 1.33 bits per heavy atom. The quantitative estimate of drug-likeness (QED) is 0.899. The Morgan fingerprint density at radius 3 is 2.39 bits per heavy atom. The van der Waals surface area contributed by atoms with Crippen molar-refractivity contribution in [2.75, 3.05) is 0 Å². The Hall–Kier alpha value is -1.52. The van der Waals surface area contributed by atoms with Crippen molar-refractivity contribution < 1.29 is 23.1 Å². The summed E-state index contributed by atoms with van der Waals surface area (Å²) < 4.78 is 38.0.